The zero-order chi connectivity index (χ0) is 15.2. The molecule has 0 saturated heterocycles. The van der Waals surface area contributed by atoms with Gasteiger partial charge in [0.05, 0.1) is 0 Å². The molecule has 0 radical (unpaired) electrons. The smallest absolute Gasteiger partial charge is 0.219 e. The molecule has 0 saturated carbocycles. The van der Waals surface area contributed by atoms with E-state index in [9.17, 15) is 9.59 Å². The van der Waals surface area contributed by atoms with E-state index in [0.29, 0.717) is 19.4 Å². The number of hydrogen-bond donors (Lipinski definition) is 2. The normalized spacial score (nSPS) is 10.6. The maximum Gasteiger partial charge on any atom is 0.219 e. The lowest BCUT2D eigenvalue weighted by atomic mass is 10.1. The monoisotopic (exact) mass is 284 g/mol. The summed E-state index contributed by atoms with van der Waals surface area (Å²) < 4.78 is 0. The molecule has 0 aromatic rings. The van der Waals surface area contributed by atoms with Crippen molar-refractivity contribution in [1.82, 2.24) is 10.6 Å². The molecule has 0 spiro atoms. The molecule has 0 atom stereocenters. The Morgan fingerprint density at radius 2 is 1.40 bits per heavy atom. The summed E-state index contributed by atoms with van der Waals surface area (Å²) in [5.74, 6) is 0.991. The summed E-state index contributed by atoms with van der Waals surface area (Å²) in [7, 11) is 0. The molecule has 0 aromatic carbocycles. The van der Waals surface area contributed by atoms with Crippen LogP contribution in [0.3, 0.4) is 0 Å². The van der Waals surface area contributed by atoms with Crippen LogP contribution in [-0.2, 0) is 9.59 Å². The molecule has 4 heteroatoms. The lowest BCUT2D eigenvalue weighted by Gasteiger charge is -2.07. The summed E-state index contributed by atoms with van der Waals surface area (Å²) in [6.45, 7) is 7.90. The van der Waals surface area contributed by atoms with Crippen molar-refractivity contribution in [3.05, 3.63) is 0 Å². The quantitative estimate of drug-likeness (QED) is 0.541. The first-order chi connectivity index (χ1) is 9.56. The van der Waals surface area contributed by atoms with E-state index in [1.54, 1.807) is 0 Å². The highest BCUT2D eigenvalue weighted by molar-refractivity contribution is 5.76. The molecule has 0 aromatic heterocycles. The van der Waals surface area contributed by atoms with Crippen LogP contribution >= 0.6 is 0 Å². The fraction of sp³-hybridized carbons (Fsp3) is 0.875. The Bertz CT molecular complexity index is 265. The van der Waals surface area contributed by atoms with Crippen molar-refractivity contribution in [2.24, 2.45) is 5.92 Å². The Balaban J connectivity index is 3.30. The van der Waals surface area contributed by atoms with Crippen molar-refractivity contribution >= 4 is 11.8 Å². The third kappa shape index (κ3) is 13.4. The maximum atomic E-state index is 11.5. The lowest BCUT2D eigenvalue weighted by molar-refractivity contribution is -0.121. The van der Waals surface area contributed by atoms with Crippen molar-refractivity contribution in [3.8, 4) is 0 Å². The van der Waals surface area contributed by atoms with Crippen molar-refractivity contribution in [1.29, 1.82) is 0 Å². The van der Waals surface area contributed by atoms with Crippen molar-refractivity contribution in [3.63, 3.8) is 0 Å². The first kappa shape index (κ1) is 18.9. The molecule has 2 amide bonds. The Morgan fingerprint density at radius 1 is 0.850 bits per heavy atom. The Kier molecular flexibility index (Phi) is 12.3. The van der Waals surface area contributed by atoms with Crippen molar-refractivity contribution < 1.29 is 9.59 Å². The molecule has 0 fully saturated rings. The fourth-order valence-corrected chi connectivity index (χ4v) is 1.95. The molecular formula is C16H32N2O2. The van der Waals surface area contributed by atoms with E-state index in [0.717, 1.165) is 38.1 Å². The molecule has 0 heterocycles. The molecular weight excluding hydrogens is 252 g/mol. The van der Waals surface area contributed by atoms with E-state index in [1.165, 1.54) is 12.8 Å². The molecule has 4 nitrogen and oxygen atoms in total. The summed E-state index contributed by atoms with van der Waals surface area (Å²) in [5, 5.41) is 5.81. The molecule has 2 N–H and O–H groups in total. The number of unbranched alkanes of at least 4 members (excludes halogenated alkanes) is 2. The number of carbonyl (C=O) groups excluding carboxylic acids is 2. The zero-order valence-corrected chi connectivity index (χ0v) is 13.5. The maximum absolute atomic E-state index is 11.5. The van der Waals surface area contributed by atoms with Crippen LogP contribution in [0.2, 0.25) is 0 Å². The van der Waals surface area contributed by atoms with Crippen molar-refractivity contribution in [2.75, 3.05) is 13.1 Å². The number of carbonyl (C=O) groups is 2. The van der Waals surface area contributed by atoms with Gasteiger partial charge in [0.25, 0.3) is 0 Å². The van der Waals surface area contributed by atoms with Crippen LogP contribution in [0.25, 0.3) is 0 Å². The number of rotatable bonds is 12. The standard InChI is InChI=1S/C16H32N2O2/c1-4-9-15(19)17-13-8-6-11-16(20)18-12-7-5-10-14(2)3/h14H,4-13H2,1-3H3,(H,17,19)(H,18,20). The van der Waals surface area contributed by atoms with Crippen LogP contribution in [0.15, 0.2) is 0 Å². The van der Waals surface area contributed by atoms with E-state index >= 15 is 0 Å². The zero-order valence-electron chi connectivity index (χ0n) is 13.5. The SMILES string of the molecule is CCCC(=O)NCCCCC(=O)NCCCCC(C)C. The van der Waals surface area contributed by atoms with Gasteiger partial charge in [-0.3, -0.25) is 9.59 Å². The molecule has 0 aliphatic rings. The van der Waals surface area contributed by atoms with E-state index < -0.39 is 0 Å². The van der Waals surface area contributed by atoms with Crippen LogP contribution < -0.4 is 10.6 Å². The first-order valence-electron chi connectivity index (χ1n) is 8.09. The molecule has 118 valence electrons. The first-order valence-corrected chi connectivity index (χ1v) is 8.09. The van der Waals surface area contributed by atoms with Gasteiger partial charge in [-0.15, -0.1) is 0 Å². The van der Waals surface area contributed by atoms with E-state index in [1.807, 2.05) is 6.92 Å². The van der Waals surface area contributed by atoms with Crippen LogP contribution in [0.1, 0.15) is 72.1 Å². The number of nitrogens with one attached hydrogen (secondary N) is 2. The minimum absolute atomic E-state index is 0.113. The third-order valence-electron chi connectivity index (χ3n) is 3.16. The second kappa shape index (κ2) is 12.9. The van der Waals surface area contributed by atoms with Gasteiger partial charge in [-0.2, -0.15) is 0 Å². The van der Waals surface area contributed by atoms with Crippen LogP contribution in [0, 0.1) is 5.92 Å². The number of hydrogen-bond acceptors (Lipinski definition) is 2. The molecule has 0 unspecified atom stereocenters. The summed E-state index contributed by atoms with van der Waals surface area (Å²) >= 11 is 0. The highest BCUT2D eigenvalue weighted by Gasteiger charge is 2.02. The predicted molar refractivity (Wildman–Crippen MR) is 83.5 cm³/mol. The van der Waals surface area contributed by atoms with E-state index in [4.69, 9.17) is 0 Å². The van der Waals surface area contributed by atoms with Gasteiger partial charge in [0, 0.05) is 25.9 Å². The topological polar surface area (TPSA) is 58.2 Å². The average Bonchev–Trinajstić information content (AvgIpc) is 2.38. The molecule has 0 rings (SSSR count). The van der Waals surface area contributed by atoms with Gasteiger partial charge in [-0.1, -0.05) is 33.6 Å². The van der Waals surface area contributed by atoms with Gasteiger partial charge in [-0.05, 0) is 31.6 Å². The summed E-state index contributed by atoms with van der Waals surface area (Å²) in [4.78, 5) is 22.7. The van der Waals surface area contributed by atoms with Crippen LogP contribution in [0.4, 0.5) is 0 Å². The summed E-state index contributed by atoms with van der Waals surface area (Å²) in [5.41, 5.74) is 0. The minimum Gasteiger partial charge on any atom is -0.356 e. The van der Waals surface area contributed by atoms with Gasteiger partial charge in [0.2, 0.25) is 11.8 Å². The van der Waals surface area contributed by atoms with Gasteiger partial charge in [0.15, 0.2) is 0 Å². The highest BCUT2D eigenvalue weighted by atomic mass is 16.2. The average molecular weight is 284 g/mol. The second-order valence-corrected chi connectivity index (χ2v) is 5.80. The Labute approximate surface area is 124 Å². The minimum atomic E-state index is 0.113. The third-order valence-corrected chi connectivity index (χ3v) is 3.16. The van der Waals surface area contributed by atoms with E-state index in [2.05, 4.69) is 24.5 Å². The largest absolute Gasteiger partial charge is 0.356 e. The number of amides is 2. The van der Waals surface area contributed by atoms with Gasteiger partial charge >= 0.3 is 0 Å². The van der Waals surface area contributed by atoms with Crippen molar-refractivity contribution in [2.45, 2.75) is 72.1 Å². The molecule has 0 aliphatic heterocycles. The predicted octanol–water partition coefficient (Wildman–Crippen LogP) is 3.02. The summed E-state index contributed by atoms with van der Waals surface area (Å²) in [6.07, 6.45) is 7.22. The molecule has 0 bridgehead atoms. The lowest BCUT2D eigenvalue weighted by Crippen LogP contribution is -2.26. The van der Waals surface area contributed by atoms with Crippen LogP contribution in [-0.4, -0.2) is 24.9 Å². The molecule has 0 aliphatic carbocycles. The Morgan fingerprint density at radius 3 is 1.95 bits per heavy atom. The van der Waals surface area contributed by atoms with Crippen LogP contribution in [0.5, 0.6) is 0 Å². The molecule has 20 heavy (non-hydrogen) atoms. The fourth-order valence-electron chi connectivity index (χ4n) is 1.95. The van der Waals surface area contributed by atoms with E-state index in [-0.39, 0.29) is 11.8 Å². The van der Waals surface area contributed by atoms with Gasteiger partial charge in [-0.25, -0.2) is 0 Å². The highest BCUT2D eigenvalue weighted by Crippen LogP contribution is 2.05. The second-order valence-electron chi connectivity index (χ2n) is 5.80. The van der Waals surface area contributed by atoms with Gasteiger partial charge in [0.1, 0.15) is 0 Å². The van der Waals surface area contributed by atoms with Gasteiger partial charge < -0.3 is 10.6 Å². The summed E-state index contributed by atoms with van der Waals surface area (Å²) in [6, 6.07) is 0. The Hall–Kier alpha value is -1.06.